The highest BCUT2D eigenvalue weighted by Crippen LogP contribution is 2.32. The standard InChI is InChI=1S/C26H20FN3O7/c27-15-1-2-16-19(13-15)37-28-23(16)14-7-9-29(10-8-14)11-12-30-25(33)17-3-4-18-24(22(17)26(30)34)36-21(32)6-5-20(31)35-18/h1-6,13-14H,7-12H2. The molecule has 3 aromatic heterocycles. The van der Waals surface area contributed by atoms with E-state index < -0.39 is 22.4 Å². The number of benzene rings is 2. The molecule has 1 fully saturated rings. The molecule has 10 nitrogen and oxygen atoms in total. The van der Waals surface area contributed by atoms with E-state index in [0.717, 1.165) is 53.7 Å². The number of aromatic nitrogens is 2. The van der Waals surface area contributed by atoms with E-state index in [-0.39, 0.29) is 40.2 Å². The second kappa shape index (κ2) is 8.93. The molecule has 0 N–H and O–H groups in total. The zero-order valence-corrected chi connectivity index (χ0v) is 19.4. The molecule has 0 spiro atoms. The summed E-state index contributed by atoms with van der Waals surface area (Å²) in [6.07, 6.45) is 1.59. The molecular weight excluding hydrogens is 485 g/mol. The van der Waals surface area contributed by atoms with Crippen molar-refractivity contribution < 1.29 is 17.7 Å². The first-order valence-electron chi connectivity index (χ1n) is 11.8. The maximum absolute atomic E-state index is 13.5. The molecule has 0 saturated carbocycles. The second-order valence-electron chi connectivity index (χ2n) is 9.08. The Hall–Kier alpha value is -4.38. The van der Waals surface area contributed by atoms with Crippen molar-refractivity contribution in [3.63, 3.8) is 0 Å². The lowest BCUT2D eigenvalue weighted by atomic mass is 9.91. The summed E-state index contributed by atoms with van der Waals surface area (Å²) in [5.41, 5.74) is -1.85. The van der Waals surface area contributed by atoms with Crippen molar-refractivity contribution >= 4 is 32.9 Å². The molecular formula is C26H20FN3O7. The fourth-order valence-electron chi connectivity index (χ4n) is 5.02. The van der Waals surface area contributed by atoms with Crippen molar-refractivity contribution in [2.75, 3.05) is 19.6 Å². The predicted molar refractivity (Wildman–Crippen MR) is 131 cm³/mol. The smallest absolute Gasteiger partial charge is 0.336 e. The van der Waals surface area contributed by atoms with E-state index in [0.29, 0.717) is 12.1 Å². The fourth-order valence-corrected chi connectivity index (χ4v) is 5.02. The van der Waals surface area contributed by atoms with Gasteiger partial charge in [-0.1, -0.05) is 5.16 Å². The number of hydrogen-bond acceptors (Lipinski definition) is 9. The normalized spacial score (nSPS) is 15.2. The van der Waals surface area contributed by atoms with Crippen LogP contribution in [0, 0.1) is 5.82 Å². The monoisotopic (exact) mass is 505 g/mol. The topological polar surface area (TPSA) is 129 Å². The molecule has 6 rings (SSSR count). The van der Waals surface area contributed by atoms with Gasteiger partial charge in [0.15, 0.2) is 16.7 Å². The van der Waals surface area contributed by atoms with Crippen LogP contribution in [0.2, 0.25) is 0 Å². The van der Waals surface area contributed by atoms with E-state index in [1.54, 1.807) is 6.07 Å². The summed E-state index contributed by atoms with van der Waals surface area (Å²) in [5, 5.41) is 4.97. The van der Waals surface area contributed by atoms with Gasteiger partial charge in [-0.25, -0.2) is 14.0 Å². The van der Waals surface area contributed by atoms with Gasteiger partial charge in [0.2, 0.25) is 0 Å². The Kier molecular flexibility index (Phi) is 5.56. The van der Waals surface area contributed by atoms with Gasteiger partial charge in [-0.3, -0.25) is 14.2 Å². The Morgan fingerprint density at radius 2 is 1.57 bits per heavy atom. The summed E-state index contributed by atoms with van der Waals surface area (Å²) in [7, 11) is 0. The number of likely N-dealkylation sites (tertiary alicyclic amines) is 1. The molecule has 188 valence electrons. The lowest BCUT2D eigenvalue weighted by Crippen LogP contribution is -2.38. The first-order chi connectivity index (χ1) is 17.9. The van der Waals surface area contributed by atoms with Crippen molar-refractivity contribution in [2.45, 2.75) is 25.3 Å². The van der Waals surface area contributed by atoms with Crippen LogP contribution in [0.5, 0.6) is 0 Å². The van der Waals surface area contributed by atoms with Crippen LogP contribution >= 0.6 is 0 Å². The molecule has 11 heteroatoms. The summed E-state index contributed by atoms with van der Waals surface area (Å²) < 4.78 is 30.2. The van der Waals surface area contributed by atoms with E-state index in [4.69, 9.17) is 13.4 Å². The third-order valence-corrected chi connectivity index (χ3v) is 6.90. The van der Waals surface area contributed by atoms with Crippen LogP contribution in [0.25, 0.3) is 32.9 Å². The lowest BCUT2D eigenvalue weighted by Gasteiger charge is -2.31. The Bertz CT molecular complexity index is 1910. The predicted octanol–water partition coefficient (Wildman–Crippen LogP) is 2.58. The Balaban J connectivity index is 1.23. The van der Waals surface area contributed by atoms with Crippen LogP contribution in [-0.2, 0) is 6.54 Å². The lowest BCUT2D eigenvalue weighted by molar-refractivity contribution is 0.201. The number of rotatable bonds is 4. The minimum atomic E-state index is -0.849. The zero-order chi connectivity index (χ0) is 25.7. The molecule has 0 unspecified atom stereocenters. The van der Waals surface area contributed by atoms with E-state index in [1.165, 1.54) is 24.3 Å². The van der Waals surface area contributed by atoms with E-state index in [9.17, 15) is 23.6 Å². The van der Waals surface area contributed by atoms with Crippen molar-refractivity contribution in [1.82, 2.24) is 14.6 Å². The third-order valence-electron chi connectivity index (χ3n) is 6.90. The quantitative estimate of drug-likeness (QED) is 0.362. The summed E-state index contributed by atoms with van der Waals surface area (Å²) in [6.45, 7) is 2.05. The van der Waals surface area contributed by atoms with E-state index >= 15 is 0 Å². The highest BCUT2D eigenvalue weighted by molar-refractivity contribution is 6.01. The number of nitrogens with zero attached hydrogens (tertiary/aromatic N) is 3. The van der Waals surface area contributed by atoms with Crippen LogP contribution < -0.4 is 22.4 Å². The Morgan fingerprint density at radius 3 is 2.35 bits per heavy atom. The molecule has 2 aromatic carbocycles. The van der Waals surface area contributed by atoms with Gasteiger partial charge in [-0.2, -0.15) is 0 Å². The van der Waals surface area contributed by atoms with Crippen LogP contribution in [0.15, 0.2) is 75.0 Å². The van der Waals surface area contributed by atoms with Gasteiger partial charge >= 0.3 is 11.3 Å². The molecule has 1 aliphatic heterocycles. The highest BCUT2D eigenvalue weighted by Gasteiger charge is 2.26. The number of piperidine rings is 1. The van der Waals surface area contributed by atoms with E-state index in [2.05, 4.69) is 10.1 Å². The molecule has 0 radical (unpaired) electrons. The van der Waals surface area contributed by atoms with Crippen LogP contribution in [-0.4, -0.2) is 34.3 Å². The molecule has 37 heavy (non-hydrogen) atoms. The summed E-state index contributed by atoms with van der Waals surface area (Å²) >= 11 is 0. The fraction of sp³-hybridized carbons (Fsp3) is 0.269. The maximum Gasteiger partial charge on any atom is 0.336 e. The van der Waals surface area contributed by atoms with Crippen molar-refractivity contribution in [2.24, 2.45) is 0 Å². The second-order valence-corrected chi connectivity index (χ2v) is 9.08. The Morgan fingerprint density at radius 1 is 0.838 bits per heavy atom. The highest BCUT2D eigenvalue weighted by atomic mass is 19.1. The first-order valence-corrected chi connectivity index (χ1v) is 11.8. The molecule has 0 bridgehead atoms. The van der Waals surface area contributed by atoms with Crippen LogP contribution in [0.3, 0.4) is 0 Å². The third kappa shape index (κ3) is 4.06. The minimum Gasteiger partial charge on any atom is -0.419 e. The zero-order valence-electron chi connectivity index (χ0n) is 19.4. The van der Waals surface area contributed by atoms with Gasteiger partial charge in [0.05, 0.1) is 16.5 Å². The van der Waals surface area contributed by atoms with Crippen LogP contribution in [0.1, 0.15) is 24.5 Å². The van der Waals surface area contributed by atoms with E-state index in [1.807, 2.05) is 0 Å². The van der Waals surface area contributed by atoms with Gasteiger partial charge in [-0.05, 0) is 50.2 Å². The van der Waals surface area contributed by atoms with Gasteiger partial charge in [0.25, 0.3) is 11.1 Å². The van der Waals surface area contributed by atoms with Crippen LogP contribution in [0.4, 0.5) is 4.39 Å². The van der Waals surface area contributed by atoms with Crippen molar-refractivity contribution in [3.8, 4) is 0 Å². The summed E-state index contributed by atoms with van der Waals surface area (Å²) in [5.74, 6) is -0.214. The molecule has 0 amide bonds. The SMILES string of the molecule is O=c1ccc(=O)oc2c(ccc3c(=O)n(CCN4CCC(c5noc6cc(F)ccc56)CC4)c(=O)c32)o1. The summed E-state index contributed by atoms with van der Waals surface area (Å²) in [4.78, 5) is 52.1. The molecule has 5 aromatic rings. The van der Waals surface area contributed by atoms with Gasteiger partial charge in [-0.15, -0.1) is 0 Å². The Labute approximate surface area is 206 Å². The van der Waals surface area contributed by atoms with Gasteiger partial charge in [0.1, 0.15) is 5.82 Å². The number of hydrogen-bond donors (Lipinski definition) is 0. The molecule has 0 atom stereocenters. The molecule has 0 aliphatic carbocycles. The van der Waals surface area contributed by atoms with Gasteiger partial charge < -0.3 is 18.3 Å². The van der Waals surface area contributed by atoms with Crippen molar-refractivity contribution in [1.29, 1.82) is 0 Å². The van der Waals surface area contributed by atoms with Crippen molar-refractivity contribution in [3.05, 3.63) is 95.5 Å². The maximum atomic E-state index is 13.5. The number of fused-ring (bicyclic) bond motifs is 4. The number of halogens is 1. The summed E-state index contributed by atoms with van der Waals surface area (Å²) in [6, 6.07) is 8.94. The molecule has 4 heterocycles. The average Bonchev–Trinajstić information content (AvgIpc) is 3.40. The minimum absolute atomic E-state index is 0.0882. The molecule has 1 saturated heterocycles. The van der Waals surface area contributed by atoms with Gasteiger partial charge in [0, 0.05) is 42.6 Å². The largest absolute Gasteiger partial charge is 0.419 e. The first kappa shape index (κ1) is 23.0. The molecule has 1 aliphatic rings. The average molecular weight is 505 g/mol.